The molecule has 1 aromatic rings. The van der Waals surface area contributed by atoms with Crippen molar-refractivity contribution in [3.8, 4) is 0 Å². The minimum absolute atomic E-state index is 0.126. The monoisotopic (exact) mass is 341 g/mol. The highest BCUT2D eigenvalue weighted by atomic mass is 16.2. The summed E-state index contributed by atoms with van der Waals surface area (Å²) in [5.41, 5.74) is 1.59. The van der Waals surface area contributed by atoms with Gasteiger partial charge in [-0.15, -0.1) is 0 Å². The zero-order valence-corrected chi connectivity index (χ0v) is 13.9. The van der Waals surface area contributed by atoms with E-state index < -0.39 is 23.8 Å². The van der Waals surface area contributed by atoms with Gasteiger partial charge in [-0.3, -0.25) is 29.4 Å². The number of carbonyl (C=O) groups is 4. The number of amides is 4. The van der Waals surface area contributed by atoms with Crippen molar-refractivity contribution in [2.75, 3.05) is 18.0 Å². The Bertz CT molecular complexity index is 798. The maximum atomic E-state index is 12.8. The van der Waals surface area contributed by atoms with Gasteiger partial charge in [0.1, 0.15) is 6.04 Å². The molecule has 0 radical (unpaired) electrons. The molecule has 3 aliphatic heterocycles. The fourth-order valence-corrected chi connectivity index (χ4v) is 3.69. The first-order valence-corrected chi connectivity index (χ1v) is 8.60. The molecule has 2 fully saturated rings. The maximum Gasteiger partial charge on any atom is 0.262 e. The number of imide groups is 2. The molecule has 1 unspecified atom stereocenters. The summed E-state index contributed by atoms with van der Waals surface area (Å²) in [6.45, 7) is 4.06. The average molecular weight is 341 g/mol. The average Bonchev–Trinajstić information content (AvgIpc) is 2.78. The van der Waals surface area contributed by atoms with Gasteiger partial charge in [-0.05, 0) is 37.0 Å². The predicted octanol–water partition coefficient (Wildman–Crippen LogP) is 0.934. The predicted molar refractivity (Wildman–Crippen MR) is 89.1 cm³/mol. The number of nitrogens with zero attached hydrogens (tertiary/aromatic N) is 2. The number of carbonyl (C=O) groups excluding carboxylic acids is 4. The molecule has 3 heterocycles. The number of anilines is 1. The first-order chi connectivity index (χ1) is 12.0. The highest BCUT2D eigenvalue weighted by molar-refractivity contribution is 6.23. The zero-order valence-electron chi connectivity index (χ0n) is 13.9. The van der Waals surface area contributed by atoms with E-state index in [9.17, 15) is 19.2 Å². The topological polar surface area (TPSA) is 86.8 Å². The van der Waals surface area contributed by atoms with E-state index in [2.05, 4.69) is 17.1 Å². The molecule has 0 spiro atoms. The molecule has 3 aliphatic rings. The van der Waals surface area contributed by atoms with Crippen LogP contribution in [0.1, 0.15) is 46.9 Å². The summed E-state index contributed by atoms with van der Waals surface area (Å²) in [5, 5.41) is 2.20. The quantitative estimate of drug-likeness (QED) is 0.827. The highest BCUT2D eigenvalue weighted by Gasteiger charge is 2.44. The molecule has 0 aromatic heterocycles. The summed E-state index contributed by atoms with van der Waals surface area (Å²) in [7, 11) is 0. The van der Waals surface area contributed by atoms with Crippen LogP contribution in [0, 0.1) is 5.92 Å². The lowest BCUT2D eigenvalue weighted by molar-refractivity contribution is -0.136. The van der Waals surface area contributed by atoms with Gasteiger partial charge >= 0.3 is 0 Å². The molecule has 0 aliphatic carbocycles. The maximum absolute atomic E-state index is 12.8. The Balaban J connectivity index is 1.59. The summed E-state index contributed by atoms with van der Waals surface area (Å²) in [6.07, 6.45) is 1.43. The van der Waals surface area contributed by atoms with Crippen LogP contribution in [-0.2, 0) is 9.59 Å². The third-order valence-electron chi connectivity index (χ3n) is 5.32. The number of nitrogens with one attached hydrogen (secondary N) is 1. The minimum Gasteiger partial charge on any atom is -0.371 e. The molecule has 7 nitrogen and oxygen atoms in total. The van der Waals surface area contributed by atoms with Gasteiger partial charge in [0.05, 0.1) is 11.1 Å². The van der Waals surface area contributed by atoms with Crippen molar-refractivity contribution in [3.63, 3.8) is 0 Å². The third-order valence-corrected chi connectivity index (χ3v) is 5.32. The molecule has 2 saturated heterocycles. The molecule has 1 atom stereocenters. The van der Waals surface area contributed by atoms with Crippen LogP contribution in [0.3, 0.4) is 0 Å². The summed E-state index contributed by atoms with van der Waals surface area (Å²) >= 11 is 0. The van der Waals surface area contributed by atoms with Gasteiger partial charge in [-0.2, -0.15) is 0 Å². The van der Waals surface area contributed by atoms with Gasteiger partial charge in [-0.25, -0.2) is 0 Å². The van der Waals surface area contributed by atoms with E-state index in [0.29, 0.717) is 17.0 Å². The van der Waals surface area contributed by atoms with Gasteiger partial charge in [0, 0.05) is 25.2 Å². The van der Waals surface area contributed by atoms with Crippen molar-refractivity contribution in [3.05, 3.63) is 29.3 Å². The molecule has 130 valence electrons. The molecule has 0 saturated carbocycles. The molecule has 0 bridgehead atoms. The van der Waals surface area contributed by atoms with Crippen LogP contribution < -0.4 is 10.2 Å². The highest BCUT2D eigenvalue weighted by Crippen LogP contribution is 2.33. The molecule has 7 heteroatoms. The summed E-state index contributed by atoms with van der Waals surface area (Å²) in [6, 6.07) is 4.34. The first-order valence-electron chi connectivity index (χ1n) is 8.60. The van der Waals surface area contributed by atoms with Crippen molar-refractivity contribution in [1.82, 2.24) is 10.2 Å². The van der Waals surface area contributed by atoms with Crippen LogP contribution in [0.4, 0.5) is 5.69 Å². The van der Waals surface area contributed by atoms with Gasteiger partial charge in [0.15, 0.2) is 0 Å². The van der Waals surface area contributed by atoms with Crippen molar-refractivity contribution in [1.29, 1.82) is 0 Å². The standard InChI is InChI=1S/C18H19N3O4/c1-2-10-8-20(9-10)11-3-4-12-13(7-11)18(25)21(17(12)24)14-5-6-15(22)19-16(14)23/h3-4,7,10,14H,2,5-6,8-9H2,1H3,(H,19,22,23). The minimum atomic E-state index is -0.915. The van der Waals surface area contributed by atoms with E-state index >= 15 is 0 Å². The molecular weight excluding hydrogens is 322 g/mol. The fourth-order valence-electron chi connectivity index (χ4n) is 3.69. The lowest BCUT2D eigenvalue weighted by Gasteiger charge is -2.40. The van der Waals surface area contributed by atoms with Crippen LogP contribution in [-0.4, -0.2) is 47.7 Å². The van der Waals surface area contributed by atoms with Crippen molar-refractivity contribution in [2.45, 2.75) is 32.2 Å². The van der Waals surface area contributed by atoms with E-state index in [1.54, 1.807) is 12.1 Å². The first kappa shape index (κ1) is 15.8. The summed E-state index contributed by atoms with van der Waals surface area (Å²) in [4.78, 5) is 51.9. The van der Waals surface area contributed by atoms with E-state index in [1.807, 2.05) is 6.07 Å². The Morgan fingerprint density at radius 1 is 1.08 bits per heavy atom. The van der Waals surface area contributed by atoms with Crippen molar-refractivity contribution in [2.24, 2.45) is 5.92 Å². The van der Waals surface area contributed by atoms with Gasteiger partial charge in [0.25, 0.3) is 11.8 Å². The molecular formula is C18H19N3O4. The number of fused-ring (bicyclic) bond motifs is 1. The van der Waals surface area contributed by atoms with Crippen LogP contribution in [0.15, 0.2) is 18.2 Å². The molecule has 25 heavy (non-hydrogen) atoms. The number of piperidine rings is 1. The smallest absolute Gasteiger partial charge is 0.262 e. The Morgan fingerprint density at radius 2 is 1.80 bits per heavy atom. The van der Waals surface area contributed by atoms with E-state index in [1.165, 1.54) is 0 Å². The normalized spacial score (nSPS) is 23.6. The molecule has 1 N–H and O–H groups in total. The molecule has 4 rings (SSSR count). The van der Waals surface area contributed by atoms with Gasteiger partial charge < -0.3 is 4.90 Å². The van der Waals surface area contributed by atoms with E-state index in [4.69, 9.17) is 0 Å². The van der Waals surface area contributed by atoms with Crippen LogP contribution in [0.2, 0.25) is 0 Å². The van der Waals surface area contributed by atoms with Gasteiger partial charge in [-0.1, -0.05) is 6.92 Å². The Labute approximate surface area is 145 Å². The number of hydrogen-bond acceptors (Lipinski definition) is 5. The largest absolute Gasteiger partial charge is 0.371 e. The summed E-state index contributed by atoms with van der Waals surface area (Å²) in [5.74, 6) is -1.20. The SMILES string of the molecule is CCC1CN(c2ccc3c(c2)C(=O)N(C2CCC(=O)NC2=O)C3=O)C1. The van der Waals surface area contributed by atoms with Crippen molar-refractivity contribution < 1.29 is 19.2 Å². The molecule has 1 aromatic carbocycles. The van der Waals surface area contributed by atoms with Crippen LogP contribution >= 0.6 is 0 Å². The summed E-state index contributed by atoms with van der Waals surface area (Å²) < 4.78 is 0. The Kier molecular flexibility index (Phi) is 3.59. The second-order valence-electron chi connectivity index (χ2n) is 6.86. The fraction of sp³-hybridized carbons (Fsp3) is 0.444. The van der Waals surface area contributed by atoms with Crippen LogP contribution in [0.25, 0.3) is 0 Å². The number of benzene rings is 1. The zero-order chi connectivity index (χ0) is 17.7. The lowest BCUT2D eigenvalue weighted by atomic mass is 9.96. The lowest BCUT2D eigenvalue weighted by Crippen LogP contribution is -2.54. The second kappa shape index (κ2) is 5.68. The van der Waals surface area contributed by atoms with E-state index in [-0.39, 0.29) is 18.7 Å². The second-order valence-corrected chi connectivity index (χ2v) is 6.86. The number of hydrogen-bond donors (Lipinski definition) is 1. The third kappa shape index (κ3) is 2.42. The Morgan fingerprint density at radius 3 is 2.48 bits per heavy atom. The van der Waals surface area contributed by atoms with Crippen molar-refractivity contribution >= 4 is 29.3 Å². The van der Waals surface area contributed by atoms with E-state index in [0.717, 1.165) is 30.1 Å². The van der Waals surface area contributed by atoms with Crippen LogP contribution in [0.5, 0.6) is 0 Å². The number of rotatable bonds is 3. The molecule has 4 amide bonds. The Hall–Kier alpha value is -2.70. The van der Waals surface area contributed by atoms with Gasteiger partial charge in [0.2, 0.25) is 11.8 Å².